The Bertz CT molecular complexity index is 1140. The molecule has 0 bridgehead atoms. The maximum atomic E-state index is 13.9. The molecule has 1 saturated carbocycles. The van der Waals surface area contributed by atoms with Gasteiger partial charge in [-0.2, -0.15) is 0 Å². The maximum Gasteiger partial charge on any atom is 0.244 e. The predicted molar refractivity (Wildman–Crippen MR) is 178 cm³/mol. The zero-order chi connectivity index (χ0) is 33.4. The van der Waals surface area contributed by atoms with Gasteiger partial charge >= 0.3 is 0 Å². The molecule has 0 saturated heterocycles. The van der Waals surface area contributed by atoms with Gasteiger partial charge in [0.05, 0.1) is 18.1 Å². The van der Waals surface area contributed by atoms with Crippen LogP contribution in [0.3, 0.4) is 0 Å². The summed E-state index contributed by atoms with van der Waals surface area (Å²) < 4.78 is 0. The van der Waals surface area contributed by atoms with Crippen molar-refractivity contribution < 1.29 is 24.6 Å². The minimum atomic E-state index is -1.28. The Labute approximate surface area is 270 Å². The van der Waals surface area contributed by atoms with E-state index in [9.17, 15) is 24.6 Å². The highest BCUT2D eigenvalue weighted by molar-refractivity contribution is 5.91. The van der Waals surface area contributed by atoms with Gasteiger partial charge in [-0.3, -0.25) is 14.4 Å². The number of aliphatic hydroxyl groups excluding tert-OH is 2. The van der Waals surface area contributed by atoms with Crippen LogP contribution in [-0.4, -0.2) is 96.3 Å². The summed E-state index contributed by atoms with van der Waals surface area (Å²) in [5.41, 5.74) is 0.893. The lowest BCUT2D eigenvalue weighted by Crippen LogP contribution is -2.57. The van der Waals surface area contributed by atoms with E-state index >= 15 is 0 Å². The molecule has 1 aromatic rings. The molecule has 0 aliphatic heterocycles. The van der Waals surface area contributed by atoms with E-state index in [-0.39, 0.29) is 24.7 Å². The molecule has 3 amide bonds. The number of hydrogen-bond acceptors (Lipinski definition) is 6. The highest BCUT2D eigenvalue weighted by Crippen LogP contribution is 2.29. The first-order chi connectivity index (χ1) is 21.5. The molecule has 1 aliphatic rings. The Balaban J connectivity index is 2.31. The molecule has 1 unspecified atom stereocenters. The van der Waals surface area contributed by atoms with Crippen LogP contribution in [0.25, 0.3) is 0 Å². The molecule has 1 aliphatic carbocycles. The Hall–Kier alpha value is -3.37. The molecule has 1 aromatic carbocycles. The van der Waals surface area contributed by atoms with Gasteiger partial charge in [0.1, 0.15) is 12.1 Å². The molecule has 9 heteroatoms. The predicted octanol–water partition coefficient (Wildman–Crippen LogP) is 2.60. The van der Waals surface area contributed by atoms with Crippen molar-refractivity contribution in [1.29, 1.82) is 0 Å². The van der Waals surface area contributed by atoms with E-state index in [0.717, 1.165) is 37.7 Å². The number of nitrogens with one attached hydrogen (secondary N) is 2. The molecule has 6 atom stereocenters. The van der Waals surface area contributed by atoms with Crippen molar-refractivity contribution in [3.05, 3.63) is 35.9 Å². The first-order valence-electron chi connectivity index (χ1n) is 16.3. The van der Waals surface area contributed by atoms with Crippen LogP contribution in [0.1, 0.15) is 70.3 Å². The number of rotatable bonds is 18. The van der Waals surface area contributed by atoms with Crippen molar-refractivity contribution in [2.45, 2.75) is 95.4 Å². The lowest BCUT2D eigenvalue weighted by Gasteiger charge is -2.34. The quantitative estimate of drug-likeness (QED) is 0.187. The van der Waals surface area contributed by atoms with Crippen molar-refractivity contribution in [1.82, 2.24) is 20.4 Å². The third-order valence-corrected chi connectivity index (χ3v) is 8.83. The van der Waals surface area contributed by atoms with Gasteiger partial charge in [-0.15, -0.1) is 24.7 Å². The maximum absolute atomic E-state index is 13.9. The summed E-state index contributed by atoms with van der Waals surface area (Å²) in [4.78, 5) is 44.6. The molecule has 0 spiro atoms. The lowest BCUT2D eigenvalue weighted by molar-refractivity contribution is -0.137. The Morgan fingerprint density at radius 3 is 2.22 bits per heavy atom. The second kappa shape index (κ2) is 19.9. The number of terminal acetylenes is 2. The molecule has 0 radical (unpaired) electrons. The number of nitrogens with zero attached hydrogens (tertiary/aromatic N) is 2. The van der Waals surface area contributed by atoms with Gasteiger partial charge in [-0.1, -0.05) is 69.4 Å². The average Bonchev–Trinajstić information content (AvgIpc) is 3.03. The van der Waals surface area contributed by atoms with Gasteiger partial charge in [0.25, 0.3) is 0 Å². The molecule has 0 heterocycles. The average molecular weight is 623 g/mol. The standard InChI is InChI=1S/C36H54N4O5/c1-7-16-31(41)34(43)30(24-27-19-14-11-15-20-27)37-36(45)33(28(8-2)9-3)38-35(44)29(23-26-17-12-10-13-18-26)25-32(42)40(6)22-21-39(4)5/h1-2,10,12-13,17-18,27-31,33-34,41,43H,9,11,14-16,19-25H2,3-6H3,(H,37,45)(H,38,44)/t28?,29-,30+,31+,33+,34-/m1/s1. The summed E-state index contributed by atoms with van der Waals surface area (Å²) in [5.74, 6) is 2.78. The minimum absolute atomic E-state index is 0.0346. The van der Waals surface area contributed by atoms with Gasteiger partial charge in [0.15, 0.2) is 0 Å². The normalized spacial score (nSPS) is 17.5. The minimum Gasteiger partial charge on any atom is -0.389 e. The highest BCUT2D eigenvalue weighted by Gasteiger charge is 2.36. The van der Waals surface area contributed by atoms with Crippen LogP contribution in [0.2, 0.25) is 0 Å². The first-order valence-corrected chi connectivity index (χ1v) is 16.3. The van der Waals surface area contributed by atoms with Crippen molar-refractivity contribution in [3.8, 4) is 24.7 Å². The van der Waals surface area contributed by atoms with E-state index < -0.39 is 47.9 Å². The van der Waals surface area contributed by atoms with Gasteiger partial charge in [-0.25, -0.2) is 0 Å². The van der Waals surface area contributed by atoms with Crippen molar-refractivity contribution >= 4 is 17.7 Å². The molecular formula is C36H54N4O5. The van der Waals surface area contributed by atoms with Crippen molar-refractivity contribution in [2.75, 3.05) is 34.2 Å². The number of hydrogen-bond donors (Lipinski definition) is 4. The number of aliphatic hydroxyl groups is 2. The second-order valence-electron chi connectivity index (χ2n) is 12.7. The van der Waals surface area contributed by atoms with Crippen LogP contribution in [-0.2, 0) is 20.8 Å². The van der Waals surface area contributed by atoms with Crippen molar-refractivity contribution in [2.24, 2.45) is 17.8 Å². The summed E-state index contributed by atoms with van der Waals surface area (Å²) in [6, 6.07) is 7.58. The topological polar surface area (TPSA) is 122 Å². The van der Waals surface area contributed by atoms with Gasteiger partial charge < -0.3 is 30.6 Å². The van der Waals surface area contributed by atoms with Crippen molar-refractivity contribution in [3.63, 3.8) is 0 Å². The van der Waals surface area contributed by atoms with E-state index in [1.54, 1.807) is 11.9 Å². The van der Waals surface area contributed by atoms with Gasteiger partial charge in [0.2, 0.25) is 17.7 Å². The number of carbonyl (C=O) groups is 3. The summed E-state index contributed by atoms with van der Waals surface area (Å²) in [6.45, 7) is 3.04. The van der Waals surface area contributed by atoms with E-state index in [1.165, 1.54) is 0 Å². The fourth-order valence-electron chi connectivity index (χ4n) is 5.92. The molecular weight excluding hydrogens is 568 g/mol. The summed E-state index contributed by atoms with van der Waals surface area (Å²) in [6.07, 6.45) is 15.1. The van der Waals surface area contributed by atoms with Gasteiger partial charge in [-0.05, 0) is 44.8 Å². The zero-order valence-electron chi connectivity index (χ0n) is 27.6. The van der Waals surface area contributed by atoms with Crippen LogP contribution in [0.5, 0.6) is 0 Å². The highest BCUT2D eigenvalue weighted by atomic mass is 16.3. The van der Waals surface area contributed by atoms with Gasteiger partial charge in [0, 0.05) is 38.9 Å². The fourth-order valence-corrected chi connectivity index (χ4v) is 5.92. The molecule has 4 N–H and O–H groups in total. The number of likely N-dealkylation sites (N-methyl/N-ethyl adjacent to an activating group) is 2. The number of benzene rings is 1. The van der Waals surface area contributed by atoms with Crippen LogP contribution < -0.4 is 10.6 Å². The summed E-state index contributed by atoms with van der Waals surface area (Å²) >= 11 is 0. The SMILES string of the molecule is C#CC[C@H](O)[C@H](O)[C@H](CC1CCCCC1)NC(=O)[C@@H](NC(=O)[C@@H](CC(=O)N(C)CCN(C)C)Cc1ccccc1)C(C#C)CC. The fraction of sp³-hybridized carbons (Fsp3) is 0.639. The molecule has 1 fully saturated rings. The summed E-state index contributed by atoms with van der Waals surface area (Å²) in [7, 11) is 5.58. The molecule has 9 nitrogen and oxygen atoms in total. The van der Waals surface area contributed by atoms with Crippen LogP contribution >= 0.6 is 0 Å². The summed E-state index contributed by atoms with van der Waals surface area (Å²) in [5, 5.41) is 27.4. The monoisotopic (exact) mass is 622 g/mol. The Kier molecular flexibility index (Phi) is 16.7. The Morgan fingerprint density at radius 1 is 0.978 bits per heavy atom. The number of carbonyl (C=O) groups excluding carboxylic acids is 3. The largest absolute Gasteiger partial charge is 0.389 e. The van der Waals surface area contributed by atoms with Crippen LogP contribution in [0, 0.1) is 42.4 Å². The van der Waals surface area contributed by atoms with E-state index in [4.69, 9.17) is 12.8 Å². The third kappa shape index (κ3) is 12.9. The molecule has 2 rings (SSSR count). The van der Waals surface area contributed by atoms with E-state index in [1.807, 2.05) is 56.3 Å². The lowest BCUT2D eigenvalue weighted by atomic mass is 9.82. The van der Waals surface area contributed by atoms with Crippen LogP contribution in [0.15, 0.2) is 30.3 Å². The number of amides is 3. The first kappa shape index (κ1) is 37.8. The zero-order valence-corrected chi connectivity index (χ0v) is 27.6. The Morgan fingerprint density at radius 2 is 1.64 bits per heavy atom. The molecule has 0 aromatic heterocycles. The smallest absolute Gasteiger partial charge is 0.244 e. The second-order valence-corrected chi connectivity index (χ2v) is 12.7. The van der Waals surface area contributed by atoms with E-state index in [2.05, 4.69) is 22.5 Å². The molecule has 248 valence electrons. The third-order valence-electron chi connectivity index (χ3n) is 8.83. The van der Waals surface area contributed by atoms with Crippen LogP contribution in [0.4, 0.5) is 0 Å². The van der Waals surface area contributed by atoms with E-state index in [0.29, 0.717) is 32.4 Å². The molecule has 45 heavy (non-hydrogen) atoms.